The second-order valence-electron chi connectivity index (χ2n) is 9.57. The van der Waals surface area contributed by atoms with Crippen molar-refractivity contribution >= 4 is 17.4 Å². The summed E-state index contributed by atoms with van der Waals surface area (Å²) in [5.74, 6) is -1.32. The van der Waals surface area contributed by atoms with Gasteiger partial charge in [0.2, 0.25) is 5.91 Å². The largest absolute Gasteiger partial charge is 0.341 e. The summed E-state index contributed by atoms with van der Waals surface area (Å²) in [6.45, 7) is 5.55. The minimum Gasteiger partial charge on any atom is -0.341 e. The zero-order chi connectivity index (χ0) is 26.3. The zero-order valence-electron chi connectivity index (χ0n) is 21.0. The van der Waals surface area contributed by atoms with Gasteiger partial charge in [-0.1, -0.05) is 38.1 Å². The van der Waals surface area contributed by atoms with Crippen LogP contribution >= 0.6 is 0 Å². The fourth-order valence-corrected chi connectivity index (χ4v) is 4.39. The van der Waals surface area contributed by atoms with Crippen LogP contribution in [0.4, 0.5) is 20.3 Å². The number of carbonyl (C=O) groups is 1. The molecule has 1 aromatic carbocycles. The number of anilines is 2. The van der Waals surface area contributed by atoms with Gasteiger partial charge in [-0.15, -0.1) is 0 Å². The van der Waals surface area contributed by atoms with E-state index in [2.05, 4.69) is 34.1 Å². The van der Waals surface area contributed by atoms with E-state index in [0.717, 1.165) is 29.3 Å². The van der Waals surface area contributed by atoms with Crippen molar-refractivity contribution in [2.24, 2.45) is 7.05 Å². The number of imidazole rings is 1. The number of benzene rings is 1. The van der Waals surface area contributed by atoms with Gasteiger partial charge in [-0.3, -0.25) is 9.78 Å². The first kappa shape index (κ1) is 24.5. The Morgan fingerprint density at radius 1 is 1.11 bits per heavy atom. The molecule has 3 aromatic heterocycles. The molecule has 5 rings (SSSR count). The Balaban J connectivity index is 1.43. The minimum atomic E-state index is -3.01. The van der Waals surface area contributed by atoms with Crippen LogP contribution in [0.25, 0.3) is 22.8 Å². The number of alkyl halides is 2. The summed E-state index contributed by atoms with van der Waals surface area (Å²) in [7, 11) is 1.69. The van der Waals surface area contributed by atoms with Crippen molar-refractivity contribution in [1.82, 2.24) is 24.5 Å². The summed E-state index contributed by atoms with van der Waals surface area (Å²) in [6.07, 6.45) is 4.73. The van der Waals surface area contributed by atoms with Crippen LogP contribution in [-0.2, 0) is 24.3 Å². The third-order valence-electron chi connectivity index (χ3n) is 6.21. The lowest BCUT2D eigenvalue weighted by Crippen LogP contribution is -2.38. The summed E-state index contributed by atoms with van der Waals surface area (Å²) in [5, 5.41) is 2.85. The van der Waals surface area contributed by atoms with Crippen molar-refractivity contribution in [2.45, 2.75) is 39.2 Å². The van der Waals surface area contributed by atoms with Crippen molar-refractivity contribution in [1.29, 1.82) is 0 Å². The molecule has 1 amide bonds. The Bertz CT molecular complexity index is 1460. The Labute approximate surface area is 213 Å². The lowest BCUT2D eigenvalue weighted by molar-refractivity contribution is -0.115. The van der Waals surface area contributed by atoms with Crippen LogP contribution in [0.2, 0.25) is 0 Å². The Morgan fingerprint density at radius 2 is 1.86 bits per heavy atom. The van der Waals surface area contributed by atoms with Gasteiger partial charge in [0.15, 0.2) is 11.6 Å². The van der Waals surface area contributed by atoms with E-state index in [0.29, 0.717) is 29.7 Å². The van der Waals surface area contributed by atoms with E-state index < -0.39 is 5.92 Å². The van der Waals surface area contributed by atoms with Gasteiger partial charge in [0.1, 0.15) is 17.2 Å². The number of aromatic nitrogens is 5. The first-order valence-electron chi connectivity index (χ1n) is 12.0. The maximum atomic E-state index is 13.7. The molecule has 0 fully saturated rings. The number of rotatable bonds is 6. The molecule has 4 aromatic rings. The average Bonchev–Trinajstić information content (AvgIpc) is 3.26. The van der Waals surface area contributed by atoms with Gasteiger partial charge < -0.3 is 14.8 Å². The minimum absolute atomic E-state index is 0.142. The standard InChI is InChI=1S/C27H27F2N7O/c1-16(2)23-19(6-5-11-30-23)24-31-12-20-26(34-24)36(15-22(37)32-20)13-17-7-9-18(10-8-17)25-33-21(14-35(25)4)27(3,28)29/h5-12,14,16H,13,15H2,1-4H3,(H,32,37). The van der Waals surface area contributed by atoms with Gasteiger partial charge in [-0.05, 0) is 23.6 Å². The quantitative estimate of drug-likeness (QED) is 0.392. The van der Waals surface area contributed by atoms with Crippen LogP contribution in [-0.4, -0.2) is 37.0 Å². The SMILES string of the molecule is CC(C)c1ncccc1-c1ncc2c(n1)N(Cc1ccc(-c3nc(C(C)(F)F)cn3C)cc1)CC(=O)N2. The van der Waals surface area contributed by atoms with Crippen LogP contribution in [0.3, 0.4) is 0 Å². The fraction of sp³-hybridized carbons (Fsp3) is 0.296. The number of pyridine rings is 1. The molecule has 1 aliphatic rings. The third kappa shape index (κ3) is 4.91. The van der Waals surface area contributed by atoms with Crippen molar-refractivity contribution in [3.05, 3.63) is 71.9 Å². The van der Waals surface area contributed by atoms with Gasteiger partial charge >= 0.3 is 0 Å². The number of hydrogen-bond acceptors (Lipinski definition) is 6. The van der Waals surface area contributed by atoms with E-state index in [1.165, 1.54) is 6.20 Å². The number of hydrogen-bond donors (Lipinski definition) is 1. The molecule has 8 nitrogen and oxygen atoms in total. The van der Waals surface area contributed by atoms with Crippen LogP contribution < -0.4 is 10.2 Å². The van der Waals surface area contributed by atoms with Crippen LogP contribution in [0.5, 0.6) is 0 Å². The highest BCUT2D eigenvalue weighted by atomic mass is 19.3. The van der Waals surface area contributed by atoms with E-state index in [1.807, 2.05) is 41.3 Å². The molecule has 0 saturated carbocycles. The second kappa shape index (κ2) is 9.34. The number of halogens is 2. The molecule has 10 heteroatoms. The number of nitrogens with zero attached hydrogens (tertiary/aromatic N) is 6. The Morgan fingerprint density at radius 3 is 2.54 bits per heavy atom. The van der Waals surface area contributed by atoms with Crippen molar-refractivity contribution in [3.8, 4) is 22.8 Å². The highest BCUT2D eigenvalue weighted by Gasteiger charge is 2.29. The molecule has 1 N–H and O–H groups in total. The molecule has 4 heterocycles. The van der Waals surface area contributed by atoms with Gasteiger partial charge in [-0.2, -0.15) is 8.78 Å². The predicted octanol–water partition coefficient (Wildman–Crippen LogP) is 5.13. The normalized spacial score (nSPS) is 13.6. The zero-order valence-corrected chi connectivity index (χ0v) is 21.0. The van der Waals surface area contributed by atoms with Crippen LogP contribution in [0.1, 0.15) is 43.6 Å². The van der Waals surface area contributed by atoms with Crippen molar-refractivity contribution < 1.29 is 13.6 Å². The van der Waals surface area contributed by atoms with E-state index in [1.54, 1.807) is 24.0 Å². The molecule has 0 unspecified atom stereocenters. The van der Waals surface area contributed by atoms with Crippen molar-refractivity contribution in [3.63, 3.8) is 0 Å². The second-order valence-corrected chi connectivity index (χ2v) is 9.57. The van der Waals surface area contributed by atoms with Gasteiger partial charge in [0.25, 0.3) is 5.92 Å². The monoisotopic (exact) mass is 503 g/mol. The lowest BCUT2D eigenvalue weighted by atomic mass is 10.0. The summed E-state index contributed by atoms with van der Waals surface area (Å²) in [4.78, 5) is 32.2. The molecule has 0 aliphatic carbocycles. The Hall–Kier alpha value is -4.21. The van der Waals surface area contributed by atoms with E-state index >= 15 is 0 Å². The fourth-order valence-electron chi connectivity index (χ4n) is 4.39. The number of aryl methyl sites for hydroxylation is 1. The molecule has 0 bridgehead atoms. The summed E-state index contributed by atoms with van der Waals surface area (Å²) >= 11 is 0. The smallest absolute Gasteiger partial charge is 0.288 e. The summed E-state index contributed by atoms with van der Waals surface area (Å²) in [6, 6.07) is 11.3. The van der Waals surface area contributed by atoms with E-state index in [9.17, 15) is 13.6 Å². The Kier molecular flexibility index (Phi) is 6.18. The molecule has 1 aliphatic heterocycles. The van der Waals surface area contributed by atoms with Gasteiger partial charge in [0, 0.05) is 44.0 Å². The van der Waals surface area contributed by atoms with Gasteiger partial charge in [-0.25, -0.2) is 15.0 Å². The molecule has 190 valence electrons. The number of nitrogens with one attached hydrogen (secondary N) is 1. The maximum absolute atomic E-state index is 13.7. The van der Waals surface area contributed by atoms with Crippen LogP contribution in [0, 0.1) is 0 Å². The average molecular weight is 504 g/mol. The highest BCUT2D eigenvalue weighted by molar-refractivity contribution is 6.00. The molecule has 37 heavy (non-hydrogen) atoms. The van der Waals surface area contributed by atoms with Crippen molar-refractivity contribution in [2.75, 3.05) is 16.8 Å². The maximum Gasteiger partial charge on any atom is 0.288 e. The number of fused-ring (bicyclic) bond motifs is 1. The first-order chi connectivity index (χ1) is 17.6. The summed E-state index contributed by atoms with van der Waals surface area (Å²) < 4.78 is 29.0. The predicted molar refractivity (Wildman–Crippen MR) is 137 cm³/mol. The first-order valence-corrected chi connectivity index (χ1v) is 12.0. The summed E-state index contributed by atoms with van der Waals surface area (Å²) in [5.41, 5.74) is 3.70. The van der Waals surface area contributed by atoms with E-state index in [-0.39, 0.29) is 24.1 Å². The topological polar surface area (TPSA) is 88.8 Å². The van der Waals surface area contributed by atoms with E-state index in [4.69, 9.17) is 4.98 Å². The molecule has 0 saturated heterocycles. The molecular formula is C27H27F2N7O. The molecule has 0 spiro atoms. The molecular weight excluding hydrogens is 476 g/mol. The molecule has 0 atom stereocenters. The lowest BCUT2D eigenvalue weighted by Gasteiger charge is -2.30. The van der Waals surface area contributed by atoms with Gasteiger partial charge in [0.05, 0.1) is 18.4 Å². The highest BCUT2D eigenvalue weighted by Crippen LogP contribution is 2.33. The number of amides is 1. The molecule has 0 radical (unpaired) electrons. The van der Waals surface area contributed by atoms with Crippen LogP contribution in [0.15, 0.2) is 55.0 Å². The number of carbonyl (C=O) groups excluding carboxylic acids is 1. The third-order valence-corrected chi connectivity index (χ3v) is 6.21.